The van der Waals surface area contributed by atoms with Crippen molar-refractivity contribution in [2.75, 3.05) is 11.9 Å². The number of halogens is 2. The molecule has 0 saturated carbocycles. The Bertz CT molecular complexity index is 807. The Morgan fingerprint density at radius 2 is 1.21 bits per heavy atom. The van der Waals surface area contributed by atoms with Crippen LogP contribution in [0.2, 0.25) is 0 Å². The fourth-order valence-corrected chi connectivity index (χ4v) is 3.49. The van der Waals surface area contributed by atoms with Crippen molar-refractivity contribution < 1.29 is 4.79 Å². The van der Waals surface area contributed by atoms with E-state index in [1.807, 2.05) is 48.5 Å². The molecule has 0 atom stereocenters. The van der Waals surface area contributed by atoms with Crippen molar-refractivity contribution in [1.82, 2.24) is 0 Å². The van der Waals surface area contributed by atoms with Crippen LogP contribution >= 0.6 is 24.8 Å². The van der Waals surface area contributed by atoms with Crippen molar-refractivity contribution >= 4 is 48.1 Å². The molecule has 0 heterocycles. The van der Waals surface area contributed by atoms with Crippen LogP contribution in [0.1, 0.15) is 68.9 Å². The minimum absolute atomic E-state index is 0. The van der Waals surface area contributed by atoms with Crippen LogP contribution in [0, 0.1) is 0 Å². The molecule has 184 valence electrons. The largest absolute Gasteiger partial charge is 0.370 e. The number of nitrogens with zero attached hydrogens (tertiary/aromatic N) is 1. The molecule has 7 N–H and O–H groups in total. The molecule has 0 radical (unpaired) electrons. The number of carbonyl (C=O) groups is 1. The summed E-state index contributed by atoms with van der Waals surface area (Å²) in [5.74, 6) is 0.144. The highest BCUT2D eigenvalue weighted by Crippen LogP contribution is 2.18. The van der Waals surface area contributed by atoms with Crippen molar-refractivity contribution in [1.29, 1.82) is 0 Å². The van der Waals surface area contributed by atoms with Gasteiger partial charge in [0.2, 0.25) is 5.91 Å². The Morgan fingerprint density at radius 3 is 1.73 bits per heavy atom. The van der Waals surface area contributed by atoms with E-state index in [2.05, 4.69) is 10.3 Å². The molecule has 2 aromatic carbocycles. The highest BCUT2D eigenvalue weighted by molar-refractivity contribution is 5.90. The smallest absolute Gasteiger partial charge is 0.224 e. The average molecular weight is 497 g/mol. The first kappa shape index (κ1) is 30.7. The number of amides is 1. The summed E-state index contributed by atoms with van der Waals surface area (Å²) in [4.78, 5) is 16.2. The lowest BCUT2D eigenvalue weighted by Crippen LogP contribution is -2.21. The SMILES string of the molecule is Cl.Cl.NCCCCCCCCCCC(=O)Nc1ccc(Cc2ccc(N=C(N)N)cc2)cc1. The van der Waals surface area contributed by atoms with Crippen LogP contribution in [0.4, 0.5) is 11.4 Å². The lowest BCUT2D eigenvalue weighted by atomic mass is 10.0. The summed E-state index contributed by atoms with van der Waals surface area (Å²) < 4.78 is 0. The van der Waals surface area contributed by atoms with Gasteiger partial charge in [-0.1, -0.05) is 62.8 Å². The highest BCUT2D eigenvalue weighted by atomic mass is 35.5. The Balaban J connectivity index is 0.00000512. The zero-order chi connectivity index (χ0) is 22.3. The van der Waals surface area contributed by atoms with Crippen molar-refractivity contribution in [2.24, 2.45) is 22.2 Å². The zero-order valence-corrected chi connectivity index (χ0v) is 20.9. The van der Waals surface area contributed by atoms with Crippen LogP contribution in [-0.4, -0.2) is 18.4 Å². The maximum absolute atomic E-state index is 12.2. The molecule has 0 bridgehead atoms. The van der Waals surface area contributed by atoms with E-state index in [-0.39, 0.29) is 36.7 Å². The van der Waals surface area contributed by atoms with Gasteiger partial charge in [0, 0.05) is 12.1 Å². The molecular weight excluding hydrogens is 457 g/mol. The molecule has 2 aromatic rings. The molecule has 0 spiro atoms. The van der Waals surface area contributed by atoms with Crippen molar-refractivity contribution in [3.05, 3.63) is 59.7 Å². The van der Waals surface area contributed by atoms with Gasteiger partial charge in [-0.05, 0) is 61.2 Å². The van der Waals surface area contributed by atoms with Crippen LogP contribution in [0.5, 0.6) is 0 Å². The first-order valence-corrected chi connectivity index (χ1v) is 11.3. The molecule has 8 heteroatoms. The summed E-state index contributed by atoms with van der Waals surface area (Å²) in [6.07, 6.45) is 10.8. The maximum Gasteiger partial charge on any atom is 0.224 e. The minimum atomic E-state index is 0. The number of nitrogens with two attached hydrogens (primary N) is 3. The quantitative estimate of drug-likeness (QED) is 0.158. The van der Waals surface area contributed by atoms with Gasteiger partial charge in [-0.25, -0.2) is 4.99 Å². The summed E-state index contributed by atoms with van der Waals surface area (Å²) in [5, 5.41) is 2.99. The van der Waals surface area contributed by atoms with Crippen LogP contribution in [0.25, 0.3) is 0 Å². The average Bonchev–Trinajstić information content (AvgIpc) is 2.75. The van der Waals surface area contributed by atoms with Crippen molar-refractivity contribution in [3.8, 4) is 0 Å². The number of nitrogens with one attached hydrogen (secondary N) is 1. The van der Waals surface area contributed by atoms with Gasteiger partial charge in [0.05, 0.1) is 5.69 Å². The maximum atomic E-state index is 12.2. The van der Waals surface area contributed by atoms with E-state index in [0.29, 0.717) is 6.42 Å². The second-order valence-electron chi connectivity index (χ2n) is 7.99. The van der Waals surface area contributed by atoms with E-state index in [0.717, 1.165) is 43.6 Å². The third-order valence-electron chi connectivity index (χ3n) is 5.20. The van der Waals surface area contributed by atoms with Gasteiger partial charge in [-0.15, -0.1) is 24.8 Å². The van der Waals surface area contributed by atoms with Gasteiger partial charge in [-0.3, -0.25) is 4.79 Å². The highest BCUT2D eigenvalue weighted by Gasteiger charge is 2.03. The number of carbonyl (C=O) groups excluding carboxylic acids is 1. The number of hydrogen-bond donors (Lipinski definition) is 4. The fraction of sp³-hybridized carbons (Fsp3) is 0.440. The molecular formula is C25H39Cl2N5O. The van der Waals surface area contributed by atoms with Gasteiger partial charge < -0.3 is 22.5 Å². The molecule has 33 heavy (non-hydrogen) atoms. The molecule has 0 aliphatic carbocycles. The van der Waals surface area contributed by atoms with Gasteiger partial charge in [0.15, 0.2) is 5.96 Å². The lowest BCUT2D eigenvalue weighted by molar-refractivity contribution is -0.116. The summed E-state index contributed by atoms with van der Waals surface area (Å²) >= 11 is 0. The predicted molar refractivity (Wildman–Crippen MR) is 145 cm³/mol. The van der Waals surface area contributed by atoms with Gasteiger partial charge in [0.25, 0.3) is 0 Å². The third kappa shape index (κ3) is 13.8. The number of rotatable bonds is 14. The first-order chi connectivity index (χ1) is 15.1. The number of guanidine groups is 1. The van der Waals surface area contributed by atoms with Gasteiger partial charge in [-0.2, -0.15) is 0 Å². The van der Waals surface area contributed by atoms with Crippen molar-refractivity contribution in [2.45, 2.75) is 64.2 Å². The molecule has 1 amide bonds. The van der Waals surface area contributed by atoms with E-state index in [9.17, 15) is 4.79 Å². The van der Waals surface area contributed by atoms with Crippen LogP contribution in [0.15, 0.2) is 53.5 Å². The summed E-state index contributed by atoms with van der Waals surface area (Å²) in [6, 6.07) is 15.8. The first-order valence-electron chi connectivity index (χ1n) is 11.3. The predicted octanol–water partition coefficient (Wildman–Crippen LogP) is 5.43. The Morgan fingerprint density at radius 1 is 0.727 bits per heavy atom. The van der Waals surface area contributed by atoms with Gasteiger partial charge in [0.1, 0.15) is 0 Å². The molecule has 0 fully saturated rings. The summed E-state index contributed by atoms with van der Waals surface area (Å²) in [5.41, 5.74) is 20.2. The number of unbranched alkanes of at least 4 members (excludes halogenated alkanes) is 7. The Hall–Kier alpha value is -2.28. The van der Waals surface area contributed by atoms with E-state index >= 15 is 0 Å². The van der Waals surface area contributed by atoms with E-state index < -0.39 is 0 Å². The fourth-order valence-electron chi connectivity index (χ4n) is 3.49. The van der Waals surface area contributed by atoms with E-state index in [1.54, 1.807) is 0 Å². The molecule has 0 aliphatic heterocycles. The summed E-state index contributed by atoms with van der Waals surface area (Å²) in [7, 11) is 0. The van der Waals surface area contributed by atoms with Crippen LogP contribution < -0.4 is 22.5 Å². The second-order valence-corrected chi connectivity index (χ2v) is 7.99. The number of benzene rings is 2. The Kier molecular flexibility index (Phi) is 16.9. The molecule has 0 aliphatic rings. The normalized spacial score (nSPS) is 9.97. The summed E-state index contributed by atoms with van der Waals surface area (Å²) in [6.45, 7) is 0.799. The molecule has 6 nitrogen and oxygen atoms in total. The second kappa shape index (κ2) is 18.2. The Labute approximate surface area is 210 Å². The monoisotopic (exact) mass is 495 g/mol. The standard InChI is InChI=1S/C25H37N5O.2ClH/c26-18-8-6-4-2-1-3-5-7-9-24(31)29-22-14-10-20(11-15-22)19-21-12-16-23(17-13-21)30-25(27)28;;/h10-17H,1-9,18-19,26H2,(H,29,31)(H4,27,28,30);2*1H. The van der Waals surface area contributed by atoms with E-state index in [1.165, 1.54) is 43.2 Å². The van der Waals surface area contributed by atoms with Crippen LogP contribution in [-0.2, 0) is 11.2 Å². The van der Waals surface area contributed by atoms with Crippen LogP contribution in [0.3, 0.4) is 0 Å². The lowest BCUT2D eigenvalue weighted by Gasteiger charge is -2.07. The van der Waals surface area contributed by atoms with Gasteiger partial charge >= 0.3 is 0 Å². The molecule has 0 aromatic heterocycles. The van der Waals surface area contributed by atoms with E-state index in [4.69, 9.17) is 17.2 Å². The molecule has 2 rings (SSSR count). The van der Waals surface area contributed by atoms with Crippen molar-refractivity contribution in [3.63, 3.8) is 0 Å². The third-order valence-corrected chi connectivity index (χ3v) is 5.20. The zero-order valence-electron chi connectivity index (χ0n) is 19.3. The minimum Gasteiger partial charge on any atom is -0.370 e. The molecule has 0 saturated heterocycles. The number of aliphatic imine (C=N–C) groups is 1. The number of hydrogen-bond acceptors (Lipinski definition) is 3. The number of anilines is 1. The molecule has 0 unspecified atom stereocenters. The topological polar surface area (TPSA) is 120 Å².